The lowest BCUT2D eigenvalue weighted by atomic mass is 9.75. The fourth-order valence-corrected chi connectivity index (χ4v) is 3.57. The van der Waals surface area contributed by atoms with E-state index in [1.807, 2.05) is 12.5 Å². The number of imidazole rings is 1. The van der Waals surface area contributed by atoms with E-state index in [1.165, 1.54) is 18.5 Å². The van der Waals surface area contributed by atoms with Crippen molar-refractivity contribution in [2.24, 2.45) is 17.1 Å². The van der Waals surface area contributed by atoms with Gasteiger partial charge in [-0.05, 0) is 43.7 Å². The van der Waals surface area contributed by atoms with Crippen LogP contribution in [0, 0.1) is 11.3 Å². The number of hydrogen-bond donors (Lipinski definition) is 1. The highest BCUT2D eigenvalue weighted by atomic mass is 15.2. The van der Waals surface area contributed by atoms with E-state index in [4.69, 9.17) is 5.73 Å². The predicted octanol–water partition coefficient (Wildman–Crippen LogP) is 3.05. The summed E-state index contributed by atoms with van der Waals surface area (Å²) in [5.41, 5.74) is 7.81. The van der Waals surface area contributed by atoms with Gasteiger partial charge < -0.3 is 10.3 Å². The van der Waals surface area contributed by atoms with Crippen molar-refractivity contribution < 1.29 is 0 Å². The first kappa shape index (κ1) is 16.5. The van der Waals surface area contributed by atoms with Gasteiger partial charge in [-0.3, -0.25) is 4.90 Å². The Kier molecular flexibility index (Phi) is 5.44. The third-order valence-corrected chi connectivity index (χ3v) is 4.97. The minimum atomic E-state index is 0.319. The Labute approximate surface area is 129 Å². The van der Waals surface area contributed by atoms with Gasteiger partial charge in [0.15, 0.2) is 0 Å². The molecule has 1 aliphatic heterocycles. The van der Waals surface area contributed by atoms with Crippen LogP contribution in [0.4, 0.5) is 0 Å². The van der Waals surface area contributed by atoms with Crippen LogP contribution in [0.25, 0.3) is 0 Å². The van der Waals surface area contributed by atoms with E-state index < -0.39 is 0 Å². The molecular weight excluding hydrogens is 260 g/mol. The van der Waals surface area contributed by atoms with Crippen molar-refractivity contribution in [3.8, 4) is 0 Å². The van der Waals surface area contributed by atoms with E-state index in [-0.39, 0.29) is 0 Å². The summed E-state index contributed by atoms with van der Waals surface area (Å²) in [5, 5.41) is 0. The van der Waals surface area contributed by atoms with Gasteiger partial charge in [-0.1, -0.05) is 27.7 Å². The topological polar surface area (TPSA) is 47.1 Å². The molecule has 1 aliphatic rings. The second-order valence-electron chi connectivity index (χ2n) is 7.44. The summed E-state index contributed by atoms with van der Waals surface area (Å²) in [6.45, 7) is 13.3. The van der Waals surface area contributed by atoms with Crippen molar-refractivity contribution in [1.82, 2.24) is 14.5 Å². The van der Waals surface area contributed by atoms with Crippen LogP contribution in [0.2, 0.25) is 0 Å². The molecule has 0 aliphatic carbocycles. The van der Waals surface area contributed by atoms with Crippen molar-refractivity contribution in [2.45, 2.75) is 59.5 Å². The Bertz CT molecular complexity index is 424. The highest BCUT2D eigenvalue weighted by molar-refractivity contribution is 5.07. The lowest BCUT2D eigenvalue weighted by Gasteiger charge is -2.41. The summed E-state index contributed by atoms with van der Waals surface area (Å²) in [7, 11) is 0. The molecule has 120 valence electrons. The fourth-order valence-electron chi connectivity index (χ4n) is 3.57. The average molecular weight is 292 g/mol. The molecule has 1 aromatic rings. The molecule has 0 radical (unpaired) electrons. The fraction of sp³-hybridized carbons (Fsp3) is 0.824. The van der Waals surface area contributed by atoms with E-state index in [1.54, 1.807) is 0 Å². The third kappa shape index (κ3) is 3.86. The number of nitrogens with zero attached hydrogens (tertiary/aromatic N) is 3. The first-order valence-corrected chi connectivity index (χ1v) is 8.41. The van der Waals surface area contributed by atoms with Gasteiger partial charge >= 0.3 is 0 Å². The minimum absolute atomic E-state index is 0.319. The lowest BCUT2D eigenvalue weighted by Crippen LogP contribution is -2.42. The van der Waals surface area contributed by atoms with Gasteiger partial charge in [0.05, 0.1) is 18.1 Å². The zero-order chi connectivity index (χ0) is 15.5. The quantitative estimate of drug-likeness (QED) is 0.907. The third-order valence-electron chi connectivity index (χ3n) is 4.97. The van der Waals surface area contributed by atoms with Gasteiger partial charge in [0.2, 0.25) is 0 Å². The second kappa shape index (κ2) is 6.93. The van der Waals surface area contributed by atoms with E-state index in [2.05, 4.69) is 42.1 Å². The molecule has 0 aromatic carbocycles. The smallest absolute Gasteiger partial charge is 0.0948 e. The Morgan fingerprint density at radius 1 is 1.33 bits per heavy atom. The molecule has 2 rings (SSSR count). The van der Waals surface area contributed by atoms with Crippen LogP contribution in [-0.2, 0) is 6.54 Å². The highest BCUT2D eigenvalue weighted by Crippen LogP contribution is 2.36. The van der Waals surface area contributed by atoms with Crippen LogP contribution in [0.15, 0.2) is 12.5 Å². The van der Waals surface area contributed by atoms with Crippen LogP contribution in [0.5, 0.6) is 0 Å². The van der Waals surface area contributed by atoms with E-state index in [9.17, 15) is 0 Å². The molecule has 1 aromatic heterocycles. The highest BCUT2D eigenvalue weighted by Gasteiger charge is 2.32. The molecule has 2 N–H and O–H groups in total. The van der Waals surface area contributed by atoms with Crippen LogP contribution >= 0.6 is 0 Å². The summed E-state index contributed by atoms with van der Waals surface area (Å²) < 4.78 is 2.27. The van der Waals surface area contributed by atoms with Gasteiger partial charge in [-0.2, -0.15) is 0 Å². The zero-order valence-corrected chi connectivity index (χ0v) is 14.2. The number of nitrogens with two attached hydrogens (primary N) is 1. The van der Waals surface area contributed by atoms with Crippen molar-refractivity contribution in [1.29, 1.82) is 0 Å². The van der Waals surface area contributed by atoms with E-state index in [0.29, 0.717) is 18.0 Å². The molecule has 0 amide bonds. The van der Waals surface area contributed by atoms with Crippen LogP contribution in [0.3, 0.4) is 0 Å². The van der Waals surface area contributed by atoms with Gasteiger partial charge in [-0.25, -0.2) is 4.98 Å². The molecule has 21 heavy (non-hydrogen) atoms. The Balaban J connectivity index is 2.04. The van der Waals surface area contributed by atoms with Crippen molar-refractivity contribution in [2.75, 3.05) is 19.6 Å². The minimum Gasteiger partial charge on any atom is -0.333 e. The van der Waals surface area contributed by atoms with Gasteiger partial charge in [0.1, 0.15) is 0 Å². The molecule has 4 nitrogen and oxygen atoms in total. The molecule has 1 atom stereocenters. The summed E-state index contributed by atoms with van der Waals surface area (Å²) >= 11 is 0. The van der Waals surface area contributed by atoms with E-state index >= 15 is 0 Å². The van der Waals surface area contributed by atoms with Crippen molar-refractivity contribution >= 4 is 0 Å². The number of aryl methyl sites for hydroxylation is 1. The molecule has 0 saturated carbocycles. The van der Waals surface area contributed by atoms with E-state index in [0.717, 1.165) is 32.0 Å². The molecule has 0 spiro atoms. The molecule has 2 heterocycles. The summed E-state index contributed by atoms with van der Waals surface area (Å²) in [6.07, 6.45) is 7.64. The Morgan fingerprint density at radius 2 is 2.00 bits per heavy atom. The molecule has 0 bridgehead atoms. The number of aromatic nitrogens is 2. The number of hydrogen-bond acceptors (Lipinski definition) is 3. The SMILES string of the molecule is CCCn1cncc1C(CN)N1CCC(C(C)(C)C)CC1. The maximum Gasteiger partial charge on any atom is 0.0948 e. The van der Waals surface area contributed by atoms with Gasteiger partial charge in [-0.15, -0.1) is 0 Å². The number of rotatable bonds is 5. The summed E-state index contributed by atoms with van der Waals surface area (Å²) in [6, 6.07) is 0.319. The van der Waals surface area contributed by atoms with Crippen molar-refractivity contribution in [3.63, 3.8) is 0 Å². The maximum absolute atomic E-state index is 6.10. The first-order valence-electron chi connectivity index (χ1n) is 8.41. The number of likely N-dealkylation sites (tertiary alicyclic amines) is 1. The zero-order valence-electron chi connectivity index (χ0n) is 14.2. The molecule has 1 fully saturated rings. The lowest BCUT2D eigenvalue weighted by molar-refractivity contribution is 0.0821. The monoisotopic (exact) mass is 292 g/mol. The summed E-state index contributed by atoms with van der Waals surface area (Å²) in [4.78, 5) is 6.90. The standard InChI is InChI=1S/C17H32N4/c1-5-8-21-13-19-12-16(21)15(11-18)20-9-6-14(7-10-20)17(2,3)4/h12-15H,5-11,18H2,1-4H3. The molecule has 4 heteroatoms. The molecule has 1 unspecified atom stereocenters. The molecule has 1 saturated heterocycles. The average Bonchev–Trinajstić information content (AvgIpc) is 2.88. The van der Waals surface area contributed by atoms with Crippen molar-refractivity contribution in [3.05, 3.63) is 18.2 Å². The van der Waals surface area contributed by atoms with Crippen LogP contribution < -0.4 is 5.73 Å². The predicted molar refractivity (Wildman–Crippen MR) is 88.1 cm³/mol. The largest absolute Gasteiger partial charge is 0.333 e. The Hall–Kier alpha value is -0.870. The normalized spacial score (nSPS) is 19.9. The Morgan fingerprint density at radius 3 is 2.52 bits per heavy atom. The van der Waals surface area contributed by atoms with Crippen LogP contribution in [0.1, 0.15) is 58.7 Å². The molecular formula is C17H32N4. The van der Waals surface area contributed by atoms with Gasteiger partial charge in [0.25, 0.3) is 0 Å². The maximum atomic E-state index is 6.10. The number of piperidine rings is 1. The summed E-state index contributed by atoms with van der Waals surface area (Å²) in [5.74, 6) is 0.827. The van der Waals surface area contributed by atoms with Crippen LogP contribution in [-0.4, -0.2) is 34.1 Å². The second-order valence-corrected chi connectivity index (χ2v) is 7.44. The van der Waals surface area contributed by atoms with Gasteiger partial charge in [0, 0.05) is 19.3 Å². The first-order chi connectivity index (χ1) is 9.97.